The quantitative estimate of drug-likeness (QED) is 0.708. The molecule has 1 aromatic heterocycles. The van der Waals surface area contributed by atoms with Gasteiger partial charge in [0.2, 0.25) is 0 Å². The maximum Gasteiger partial charge on any atom is 0.189 e. The van der Waals surface area contributed by atoms with Gasteiger partial charge in [0.1, 0.15) is 11.5 Å². The average molecular weight is 305 g/mol. The van der Waals surface area contributed by atoms with Crippen LogP contribution in [0.2, 0.25) is 5.02 Å². The molecular formula is C13H10ClFN6. The van der Waals surface area contributed by atoms with Crippen molar-refractivity contribution in [2.75, 3.05) is 11.5 Å². The lowest BCUT2D eigenvalue weighted by atomic mass is 10.1. The molecule has 4 N–H and O–H groups in total. The Hall–Kier alpha value is -2.67. The highest BCUT2D eigenvalue weighted by atomic mass is 35.5. The Bertz CT molecular complexity index is 816. The molecule has 3 aromatic rings. The van der Waals surface area contributed by atoms with Gasteiger partial charge in [-0.05, 0) is 46.8 Å². The maximum absolute atomic E-state index is 14.0. The molecule has 8 heteroatoms. The first-order valence-electron chi connectivity index (χ1n) is 5.95. The third kappa shape index (κ3) is 2.38. The molecule has 0 spiro atoms. The molecule has 0 amide bonds. The van der Waals surface area contributed by atoms with Crippen molar-refractivity contribution in [3.63, 3.8) is 0 Å². The first-order valence-corrected chi connectivity index (χ1v) is 6.33. The Balaban J connectivity index is 2.19. The first-order chi connectivity index (χ1) is 10.1. The fourth-order valence-electron chi connectivity index (χ4n) is 1.95. The van der Waals surface area contributed by atoms with E-state index in [9.17, 15) is 4.39 Å². The van der Waals surface area contributed by atoms with Crippen LogP contribution in [0.15, 0.2) is 36.4 Å². The zero-order valence-electron chi connectivity index (χ0n) is 10.7. The van der Waals surface area contributed by atoms with Crippen LogP contribution >= 0.6 is 11.6 Å². The molecule has 106 valence electrons. The summed E-state index contributed by atoms with van der Waals surface area (Å²) in [6.45, 7) is 0. The number of aromatic nitrogens is 4. The number of halogens is 2. The van der Waals surface area contributed by atoms with Crippen LogP contribution in [0.1, 0.15) is 0 Å². The Morgan fingerprint density at radius 3 is 2.67 bits per heavy atom. The Morgan fingerprint density at radius 1 is 1.10 bits per heavy atom. The number of nitrogens with two attached hydrogens (primary N) is 2. The summed E-state index contributed by atoms with van der Waals surface area (Å²) in [5.74, 6) is -0.198. The van der Waals surface area contributed by atoms with E-state index >= 15 is 0 Å². The molecule has 6 nitrogen and oxygen atoms in total. The molecule has 0 atom stereocenters. The minimum absolute atomic E-state index is 0.138. The molecule has 0 radical (unpaired) electrons. The highest BCUT2D eigenvalue weighted by Crippen LogP contribution is 2.28. The number of nitrogen functional groups attached to an aromatic ring is 2. The summed E-state index contributed by atoms with van der Waals surface area (Å²) in [6.07, 6.45) is 0. The number of rotatable bonds is 2. The van der Waals surface area contributed by atoms with Gasteiger partial charge in [0, 0.05) is 22.0 Å². The van der Waals surface area contributed by atoms with Crippen LogP contribution in [0.25, 0.3) is 17.1 Å². The van der Waals surface area contributed by atoms with Gasteiger partial charge in [-0.25, -0.2) is 4.39 Å². The van der Waals surface area contributed by atoms with Crippen LogP contribution in [-0.2, 0) is 0 Å². The van der Waals surface area contributed by atoms with Gasteiger partial charge in [-0.15, -0.1) is 5.10 Å². The van der Waals surface area contributed by atoms with Crippen LogP contribution in [0.5, 0.6) is 0 Å². The van der Waals surface area contributed by atoms with Gasteiger partial charge in [0.05, 0.1) is 0 Å². The highest BCUT2D eigenvalue weighted by molar-refractivity contribution is 6.30. The van der Waals surface area contributed by atoms with Crippen LogP contribution < -0.4 is 11.5 Å². The molecule has 21 heavy (non-hydrogen) atoms. The number of tetrazole rings is 1. The second kappa shape index (κ2) is 5.02. The third-order valence-corrected chi connectivity index (χ3v) is 3.16. The minimum Gasteiger partial charge on any atom is -0.399 e. The lowest BCUT2D eigenvalue weighted by Crippen LogP contribution is -2.04. The fraction of sp³-hybridized carbons (Fsp3) is 0. The van der Waals surface area contributed by atoms with E-state index in [0.717, 1.165) is 0 Å². The molecule has 0 saturated carbocycles. The van der Waals surface area contributed by atoms with Gasteiger partial charge in [0.25, 0.3) is 0 Å². The van der Waals surface area contributed by atoms with E-state index < -0.39 is 5.82 Å². The third-order valence-electron chi connectivity index (χ3n) is 2.92. The monoisotopic (exact) mass is 304 g/mol. The summed E-state index contributed by atoms with van der Waals surface area (Å²) in [6, 6.07) is 9.05. The summed E-state index contributed by atoms with van der Waals surface area (Å²) in [5.41, 5.74) is 13.2. The van der Waals surface area contributed by atoms with Crippen LogP contribution in [0.4, 0.5) is 15.8 Å². The average Bonchev–Trinajstić information content (AvgIpc) is 2.90. The number of hydrogen-bond donors (Lipinski definition) is 2. The number of benzene rings is 2. The van der Waals surface area contributed by atoms with Crippen molar-refractivity contribution in [3.8, 4) is 17.1 Å². The van der Waals surface area contributed by atoms with Crippen molar-refractivity contribution in [1.82, 2.24) is 20.2 Å². The van der Waals surface area contributed by atoms with Gasteiger partial charge >= 0.3 is 0 Å². The van der Waals surface area contributed by atoms with Crippen molar-refractivity contribution in [2.24, 2.45) is 0 Å². The van der Waals surface area contributed by atoms with Crippen molar-refractivity contribution in [1.29, 1.82) is 0 Å². The number of hydrogen-bond acceptors (Lipinski definition) is 5. The van der Waals surface area contributed by atoms with Crippen molar-refractivity contribution in [2.45, 2.75) is 0 Å². The molecule has 0 aliphatic heterocycles. The maximum atomic E-state index is 14.0. The lowest BCUT2D eigenvalue weighted by Gasteiger charge is -2.08. The molecule has 0 saturated heterocycles. The normalized spacial score (nSPS) is 10.8. The summed E-state index contributed by atoms with van der Waals surface area (Å²) in [4.78, 5) is 0. The fourth-order valence-corrected chi connectivity index (χ4v) is 2.12. The molecular weight excluding hydrogens is 295 g/mol. The second-order valence-corrected chi connectivity index (χ2v) is 4.79. The predicted molar refractivity (Wildman–Crippen MR) is 78.4 cm³/mol. The Morgan fingerprint density at radius 2 is 1.90 bits per heavy atom. The summed E-state index contributed by atoms with van der Waals surface area (Å²) < 4.78 is 15.2. The van der Waals surface area contributed by atoms with Gasteiger partial charge in [-0.2, -0.15) is 4.68 Å². The zero-order chi connectivity index (χ0) is 15.0. The van der Waals surface area contributed by atoms with Crippen LogP contribution in [0.3, 0.4) is 0 Å². The standard InChI is InChI=1S/C13H10ClFN6/c14-7-1-4-10(15)12(5-7)21-13(18-19-20-21)9-3-2-8(16)6-11(9)17/h1-6H,16-17H2. The predicted octanol–water partition coefficient (Wildman–Crippen LogP) is 2.29. The molecule has 0 bridgehead atoms. The molecule has 0 fully saturated rings. The van der Waals surface area contributed by atoms with E-state index in [1.165, 1.54) is 22.9 Å². The SMILES string of the molecule is Nc1ccc(-c2nnnn2-c2cc(Cl)ccc2F)c(N)c1. The molecule has 1 heterocycles. The van der Waals surface area contributed by atoms with E-state index in [2.05, 4.69) is 15.5 Å². The summed E-state index contributed by atoms with van der Waals surface area (Å²) in [5, 5.41) is 11.6. The summed E-state index contributed by atoms with van der Waals surface area (Å²) in [7, 11) is 0. The van der Waals surface area contributed by atoms with E-state index in [1.807, 2.05) is 0 Å². The lowest BCUT2D eigenvalue weighted by molar-refractivity contribution is 0.608. The Kier molecular flexibility index (Phi) is 3.19. The number of nitrogens with zero attached hydrogens (tertiary/aromatic N) is 4. The zero-order valence-corrected chi connectivity index (χ0v) is 11.4. The van der Waals surface area contributed by atoms with Gasteiger partial charge < -0.3 is 11.5 Å². The van der Waals surface area contributed by atoms with Gasteiger partial charge in [-0.3, -0.25) is 0 Å². The molecule has 2 aromatic carbocycles. The van der Waals surface area contributed by atoms with Crippen LogP contribution in [-0.4, -0.2) is 20.2 Å². The molecule has 3 rings (SSSR count). The van der Waals surface area contributed by atoms with Crippen molar-refractivity contribution < 1.29 is 4.39 Å². The Labute approximate surface area is 124 Å². The molecule has 0 aliphatic carbocycles. The van der Waals surface area contributed by atoms with E-state index in [4.69, 9.17) is 23.1 Å². The smallest absolute Gasteiger partial charge is 0.189 e. The molecule has 0 aliphatic rings. The van der Waals surface area contributed by atoms with Crippen molar-refractivity contribution in [3.05, 3.63) is 47.2 Å². The molecule has 0 unspecified atom stereocenters. The van der Waals surface area contributed by atoms with E-state index in [-0.39, 0.29) is 5.69 Å². The van der Waals surface area contributed by atoms with E-state index in [1.54, 1.807) is 18.2 Å². The van der Waals surface area contributed by atoms with Crippen LogP contribution in [0, 0.1) is 5.82 Å². The van der Waals surface area contributed by atoms with Crippen molar-refractivity contribution >= 4 is 23.0 Å². The second-order valence-electron chi connectivity index (χ2n) is 4.36. The largest absolute Gasteiger partial charge is 0.399 e. The highest BCUT2D eigenvalue weighted by Gasteiger charge is 2.16. The first kappa shape index (κ1) is 13.3. The number of anilines is 2. The minimum atomic E-state index is -0.498. The summed E-state index contributed by atoms with van der Waals surface area (Å²) >= 11 is 5.89. The van der Waals surface area contributed by atoms with E-state index in [0.29, 0.717) is 27.8 Å². The van der Waals surface area contributed by atoms with Gasteiger partial charge in [0.15, 0.2) is 5.82 Å². The van der Waals surface area contributed by atoms with Gasteiger partial charge in [-0.1, -0.05) is 11.6 Å². The topological polar surface area (TPSA) is 95.6 Å².